The van der Waals surface area contributed by atoms with Crippen molar-refractivity contribution in [3.05, 3.63) is 154 Å². The molecule has 0 radical (unpaired) electrons. The molecule has 0 atom stereocenters. The number of ether oxygens (including phenoxy) is 1. The molecule has 0 aliphatic carbocycles. The van der Waals surface area contributed by atoms with E-state index in [-0.39, 0.29) is 23.8 Å². The van der Waals surface area contributed by atoms with Crippen molar-refractivity contribution in [3.8, 4) is 11.5 Å². The van der Waals surface area contributed by atoms with Gasteiger partial charge in [0.25, 0.3) is 0 Å². The molecule has 0 saturated carbocycles. The number of nitrogens with two attached hydrogens (primary N) is 4. The molecule has 1 aliphatic rings. The number of rotatable bonds is 14. The maximum Gasteiger partial charge on any atom is 0.218 e. The van der Waals surface area contributed by atoms with E-state index in [0.717, 1.165) is 85.7 Å². The van der Waals surface area contributed by atoms with Crippen LogP contribution in [0.15, 0.2) is 147 Å². The molecule has 1 aliphatic heterocycles. The molecule has 0 fully saturated rings. The standard InChI is InChI=1S/C26H24N2O.C22H30Cl2N10/c1-19-23-15-17-28(16-14-20-8-4-2-5-9-20)26(23)24-18-22(12-13-25(24)27-19)29-21-10-6-3-7-11-21;23-15-5-9-17(10-6-15)31-21(27)33-19(25)29-13-3-1-2-4-14-30-20(26)34-22(28)32-18-11-7-16(24)8-12-18/h2-13,18H,14-17H2,1H3;5-12H,1-4,13-14H2,(H5,25,27,29,31,33)(H5,26,28,30,32,34). The molecule has 326 valence electrons. The van der Waals surface area contributed by atoms with E-state index in [1.807, 2.05) is 36.4 Å². The van der Waals surface area contributed by atoms with Crippen LogP contribution in [0.2, 0.25) is 10.0 Å². The zero-order chi connectivity index (χ0) is 44.4. The van der Waals surface area contributed by atoms with Crippen LogP contribution in [0.5, 0.6) is 11.5 Å². The summed E-state index contributed by atoms with van der Waals surface area (Å²) in [4.78, 5) is 23.9. The molecule has 5 aromatic carbocycles. The third-order valence-electron chi connectivity index (χ3n) is 9.99. The third kappa shape index (κ3) is 14.7. The summed E-state index contributed by atoms with van der Waals surface area (Å²) < 4.78 is 6.09. The van der Waals surface area contributed by atoms with Crippen molar-refractivity contribution in [2.75, 3.05) is 41.7 Å². The molecule has 63 heavy (non-hydrogen) atoms. The van der Waals surface area contributed by atoms with E-state index in [2.05, 4.69) is 84.9 Å². The lowest BCUT2D eigenvalue weighted by molar-refractivity contribution is 0.483. The molecule has 10 N–H and O–H groups in total. The van der Waals surface area contributed by atoms with Crippen molar-refractivity contribution in [1.82, 2.24) is 4.98 Å². The number of hydrogen-bond donors (Lipinski definition) is 6. The van der Waals surface area contributed by atoms with Crippen molar-refractivity contribution in [1.29, 1.82) is 0 Å². The van der Waals surface area contributed by atoms with Crippen molar-refractivity contribution in [3.63, 3.8) is 0 Å². The van der Waals surface area contributed by atoms with Crippen LogP contribution in [0.25, 0.3) is 10.9 Å². The van der Waals surface area contributed by atoms with Crippen LogP contribution in [0.1, 0.15) is 42.5 Å². The van der Waals surface area contributed by atoms with Crippen LogP contribution in [0, 0.1) is 6.92 Å². The number of pyridine rings is 1. The fourth-order valence-electron chi connectivity index (χ4n) is 6.92. The van der Waals surface area contributed by atoms with Gasteiger partial charge in [0.1, 0.15) is 11.5 Å². The van der Waals surface area contributed by atoms with E-state index in [9.17, 15) is 0 Å². The van der Waals surface area contributed by atoms with Gasteiger partial charge < -0.3 is 43.2 Å². The van der Waals surface area contributed by atoms with Crippen molar-refractivity contribution < 1.29 is 4.74 Å². The minimum Gasteiger partial charge on any atom is -0.457 e. The van der Waals surface area contributed by atoms with Gasteiger partial charge in [0.15, 0.2) is 0 Å². The number of para-hydroxylation sites is 1. The summed E-state index contributed by atoms with van der Waals surface area (Å²) in [6.07, 6.45) is 5.79. The summed E-state index contributed by atoms with van der Waals surface area (Å²) in [6.45, 7) is 5.32. The van der Waals surface area contributed by atoms with Gasteiger partial charge in [-0.25, -0.2) is 0 Å². The second-order valence-corrected chi connectivity index (χ2v) is 15.6. The molecule has 13 nitrogen and oxygen atoms in total. The first kappa shape index (κ1) is 45.7. The number of aromatic nitrogens is 1. The molecular weight excluding hydrogens is 832 g/mol. The number of guanidine groups is 4. The number of anilines is 3. The molecule has 15 heteroatoms. The monoisotopic (exact) mass is 884 g/mol. The van der Waals surface area contributed by atoms with Gasteiger partial charge in [-0.3, -0.25) is 15.0 Å². The number of unbranched alkanes of at least 4 members (excludes halogenated alkanes) is 3. The van der Waals surface area contributed by atoms with Crippen LogP contribution >= 0.6 is 23.2 Å². The number of nitrogens with zero attached hydrogens (tertiary/aromatic N) is 6. The Bertz CT molecular complexity index is 2430. The van der Waals surface area contributed by atoms with Crippen LogP contribution < -0.4 is 43.2 Å². The first-order valence-corrected chi connectivity index (χ1v) is 21.6. The molecule has 0 unspecified atom stereocenters. The number of halogens is 2. The van der Waals surface area contributed by atoms with E-state index in [4.69, 9.17) is 55.9 Å². The summed E-state index contributed by atoms with van der Waals surface area (Å²) in [6, 6.07) is 41.0. The SMILES string of the molecule is Cc1nc2ccc(Oc3ccccc3)cc2c2c1CCN2CCc1ccccc1.NC(=NCCCCCCN=C(N)/N=C(\N)Nc1ccc(Cl)cc1)/N=C(\N)Nc1ccc(Cl)cc1. The molecule has 6 aromatic rings. The van der Waals surface area contributed by atoms with Crippen LogP contribution in [-0.2, 0) is 12.8 Å². The second kappa shape index (κ2) is 23.4. The van der Waals surface area contributed by atoms with Gasteiger partial charge >= 0.3 is 0 Å². The average Bonchev–Trinajstić information content (AvgIpc) is 3.72. The molecule has 2 heterocycles. The van der Waals surface area contributed by atoms with E-state index >= 15 is 0 Å². The molecule has 0 amide bonds. The predicted octanol–water partition coefficient (Wildman–Crippen LogP) is 9.28. The highest BCUT2D eigenvalue weighted by atomic mass is 35.5. The fraction of sp³-hybridized carbons (Fsp3) is 0.229. The number of fused-ring (bicyclic) bond motifs is 3. The molecule has 0 spiro atoms. The van der Waals surface area contributed by atoms with Gasteiger partial charge in [-0.05, 0) is 123 Å². The predicted molar refractivity (Wildman–Crippen MR) is 264 cm³/mol. The topological polar surface area (TPSA) is 203 Å². The lowest BCUT2D eigenvalue weighted by Gasteiger charge is -2.22. The number of benzene rings is 5. The van der Waals surface area contributed by atoms with Gasteiger partial charge in [0, 0.05) is 58.7 Å². The maximum absolute atomic E-state index is 6.09. The Hall–Kier alpha value is -6.83. The van der Waals surface area contributed by atoms with E-state index in [1.165, 1.54) is 22.2 Å². The van der Waals surface area contributed by atoms with Gasteiger partial charge in [-0.2, -0.15) is 9.98 Å². The summed E-state index contributed by atoms with van der Waals surface area (Å²) in [5.41, 5.74) is 31.0. The summed E-state index contributed by atoms with van der Waals surface area (Å²) in [5.74, 6) is 2.27. The molecule has 0 bridgehead atoms. The first-order valence-electron chi connectivity index (χ1n) is 20.9. The normalized spacial score (nSPS) is 13.0. The Morgan fingerprint density at radius 2 is 1.21 bits per heavy atom. The van der Waals surface area contributed by atoms with Crippen molar-refractivity contribution >= 4 is 75.0 Å². The van der Waals surface area contributed by atoms with Crippen molar-refractivity contribution in [2.24, 2.45) is 42.9 Å². The Morgan fingerprint density at radius 3 is 1.76 bits per heavy atom. The number of aryl methyl sites for hydroxylation is 1. The highest BCUT2D eigenvalue weighted by Crippen LogP contribution is 2.39. The van der Waals surface area contributed by atoms with Crippen LogP contribution in [-0.4, -0.2) is 55.0 Å². The smallest absolute Gasteiger partial charge is 0.218 e. The van der Waals surface area contributed by atoms with Gasteiger partial charge in [0.2, 0.25) is 23.8 Å². The minimum absolute atomic E-state index is 0.124. The zero-order valence-corrected chi connectivity index (χ0v) is 36.9. The maximum atomic E-state index is 6.09. The van der Waals surface area contributed by atoms with Crippen LogP contribution in [0.4, 0.5) is 17.1 Å². The number of nitrogens with one attached hydrogen (secondary N) is 2. The number of aliphatic imine (C=N–C) groups is 4. The van der Waals surface area contributed by atoms with Crippen molar-refractivity contribution in [2.45, 2.75) is 45.4 Å². The van der Waals surface area contributed by atoms with Gasteiger partial charge in [0.05, 0.1) is 11.2 Å². The first-order chi connectivity index (χ1) is 30.6. The fourth-order valence-corrected chi connectivity index (χ4v) is 7.18. The largest absolute Gasteiger partial charge is 0.457 e. The van der Waals surface area contributed by atoms with Crippen LogP contribution in [0.3, 0.4) is 0 Å². The third-order valence-corrected chi connectivity index (χ3v) is 10.5. The second-order valence-electron chi connectivity index (χ2n) is 14.7. The van der Waals surface area contributed by atoms with Gasteiger partial charge in [-0.1, -0.05) is 84.6 Å². The minimum atomic E-state index is 0.124. The Morgan fingerprint density at radius 1 is 0.667 bits per heavy atom. The quantitative estimate of drug-likeness (QED) is 0.0350. The van der Waals surface area contributed by atoms with E-state index in [1.54, 1.807) is 48.5 Å². The Labute approximate surface area is 379 Å². The van der Waals surface area contributed by atoms with Gasteiger partial charge in [-0.15, -0.1) is 0 Å². The summed E-state index contributed by atoms with van der Waals surface area (Å²) in [7, 11) is 0. The lowest BCUT2D eigenvalue weighted by Crippen LogP contribution is -2.26. The molecule has 0 saturated heterocycles. The molecule has 1 aromatic heterocycles. The van der Waals surface area contributed by atoms with E-state index < -0.39 is 0 Å². The zero-order valence-electron chi connectivity index (χ0n) is 35.4. The van der Waals surface area contributed by atoms with E-state index in [0.29, 0.717) is 23.1 Å². The Balaban J connectivity index is 0.000000212. The summed E-state index contributed by atoms with van der Waals surface area (Å²) >= 11 is 11.7. The Kier molecular flexibility index (Phi) is 17.0. The molecule has 7 rings (SSSR count). The highest BCUT2D eigenvalue weighted by molar-refractivity contribution is 6.31. The number of hydrogen-bond acceptors (Lipinski definition) is 5. The molecular formula is C48H54Cl2N12O. The highest BCUT2D eigenvalue weighted by Gasteiger charge is 2.24. The summed E-state index contributed by atoms with van der Waals surface area (Å²) in [5, 5.41) is 8.30. The average molecular weight is 886 g/mol. The lowest BCUT2D eigenvalue weighted by atomic mass is 10.1.